The second-order valence-electron chi connectivity index (χ2n) is 8.42. The molecule has 0 saturated carbocycles. The van der Waals surface area contributed by atoms with Crippen LogP contribution in [0.1, 0.15) is 18.4 Å². The van der Waals surface area contributed by atoms with Crippen molar-refractivity contribution in [2.75, 3.05) is 30.3 Å². The van der Waals surface area contributed by atoms with Gasteiger partial charge in [-0.1, -0.05) is 12.1 Å². The van der Waals surface area contributed by atoms with Crippen molar-refractivity contribution in [1.82, 2.24) is 20.2 Å². The fourth-order valence-corrected chi connectivity index (χ4v) is 4.14. The van der Waals surface area contributed by atoms with Crippen molar-refractivity contribution in [3.63, 3.8) is 0 Å². The van der Waals surface area contributed by atoms with Gasteiger partial charge in [0.2, 0.25) is 5.91 Å². The van der Waals surface area contributed by atoms with Crippen LogP contribution in [-0.2, 0) is 16.1 Å². The van der Waals surface area contributed by atoms with Crippen molar-refractivity contribution < 1.29 is 14.3 Å². The smallest absolute Gasteiger partial charge is 0.260 e. The standard InChI is InChI=1S/C25H26N6O3/c32-24-15-34-21-6-4-19(5-7-21)29-22-13-23(28-16-27-22)30-20-3-1-2-17(12-20)14-26-25(33)18-8-10-31(24)11-9-18/h1-7,12-13,16,18H,8-11,14-15H2,(H,26,33)(H2,27,28,29,30). The van der Waals surface area contributed by atoms with Gasteiger partial charge in [-0.05, 0) is 54.8 Å². The molecule has 8 bridgehead atoms. The van der Waals surface area contributed by atoms with Gasteiger partial charge < -0.3 is 25.6 Å². The molecule has 2 amide bonds. The number of rotatable bonds is 0. The zero-order valence-corrected chi connectivity index (χ0v) is 18.7. The Kier molecular flexibility index (Phi) is 6.24. The summed E-state index contributed by atoms with van der Waals surface area (Å²) in [4.78, 5) is 35.6. The van der Waals surface area contributed by atoms with E-state index >= 15 is 0 Å². The van der Waals surface area contributed by atoms with E-state index in [0.29, 0.717) is 49.9 Å². The fourth-order valence-electron chi connectivity index (χ4n) is 4.14. The molecule has 1 fully saturated rings. The molecule has 174 valence electrons. The number of amides is 2. The van der Waals surface area contributed by atoms with Crippen molar-refractivity contribution in [2.45, 2.75) is 19.4 Å². The van der Waals surface area contributed by atoms with Gasteiger partial charge in [0.15, 0.2) is 6.61 Å². The van der Waals surface area contributed by atoms with E-state index in [1.807, 2.05) is 54.6 Å². The molecule has 0 radical (unpaired) electrons. The average molecular weight is 459 g/mol. The molecular formula is C25H26N6O3. The topological polar surface area (TPSA) is 108 Å². The minimum atomic E-state index is -0.0939. The highest BCUT2D eigenvalue weighted by atomic mass is 16.5. The maximum absolute atomic E-state index is 12.7. The number of benzene rings is 2. The van der Waals surface area contributed by atoms with E-state index < -0.39 is 0 Å². The van der Waals surface area contributed by atoms with Crippen LogP contribution in [0.5, 0.6) is 5.75 Å². The van der Waals surface area contributed by atoms with E-state index in [1.54, 1.807) is 4.90 Å². The van der Waals surface area contributed by atoms with Gasteiger partial charge >= 0.3 is 0 Å². The second kappa shape index (κ2) is 9.78. The highest BCUT2D eigenvalue weighted by Gasteiger charge is 2.27. The number of carbonyl (C=O) groups excluding carboxylic acids is 2. The van der Waals surface area contributed by atoms with Gasteiger partial charge in [-0.25, -0.2) is 9.97 Å². The van der Waals surface area contributed by atoms with Crippen LogP contribution < -0.4 is 20.7 Å². The lowest BCUT2D eigenvalue weighted by Crippen LogP contribution is -2.44. The number of piperidine rings is 1. The van der Waals surface area contributed by atoms with Gasteiger partial charge in [0.1, 0.15) is 23.7 Å². The zero-order chi connectivity index (χ0) is 23.3. The van der Waals surface area contributed by atoms with Crippen LogP contribution in [0.25, 0.3) is 0 Å². The molecule has 9 nitrogen and oxygen atoms in total. The van der Waals surface area contributed by atoms with Crippen molar-refractivity contribution in [1.29, 1.82) is 0 Å². The number of hydrogen-bond donors (Lipinski definition) is 3. The Bertz CT molecular complexity index is 1180. The average Bonchev–Trinajstić information content (AvgIpc) is 2.87. The van der Waals surface area contributed by atoms with E-state index in [4.69, 9.17) is 4.74 Å². The van der Waals surface area contributed by atoms with Crippen molar-refractivity contribution in [3.8, 4) is 5.75 Å². The third-order valence-corrected chi connectivity index (χ3v) is 6.04. The monoisotopic (exact) mass is 458 g/mol. The Labute approximate surface area is 197 Å². The molecule has 1 aromatic heterocycles. The van der Waals surface area contributed by atoms with Crippen LogP contribution in [-0.4, -0.2) is 46.4 Å². The Morgan fingerprint density at radius 3 is 2.38 bits per heavy atom. The van der Waals surface area contributed by atoms with Crippen molar-refractivity contribution in [2.24, 2.45) is 5.92 Å². The van der Waals surface area contributed by atoms with Gasteiger partial charge in [0, 0.05) is 43.0 Å². The maximum atomic E-state index is 12.7. The minimum Gasteiger partial charge on any atom is -0.484 e. The van der Waals surface area contributed by atoms with Crippen LogP contribution >= 0.6 is 0 Å². The van der Waals surface area contributed by atoms with E-state index in [9.17, 15) is 9.59 Å². The summed E-state index contributed by atoms with van der Waals surface area (Å²) in [6.07, 6.45) is 2.78. The lowest BCUT2D eigenvalue weighted by atomic mass is 9.95. The molecule has 3 aromatic rings. The summed E-state index contributed by atoms with van der Waals surface area (Å²) < 4.78 is 5.69. The Morgan fingerprint density at radius 1 is 0.882 bits per heavy atom. The van der Waals surface area contributed by atoms with Crippen molar-refractivity contribution in [3.05, 3.63) is 66.5 Å². The first kappa shape index (κ1) is 21.7. The predicted octanol–water partition coefficient (Wildman–Crippen LogP) is 3.21. The maximum Gasteiger partial charge on any atom is 0.260 e. The lowest BCUT2D eigenvalue weighted by molar-refractivity contribution is -0.137. The van der Waals surface area contributed by atoms with Gasteiger partial charge in [0.25, 0.3) is 5.91 Å². The number of hydrogen-bond acceptors (Lipinski definition) is 7. The Morgan fingerprint density at radius 2 is 1.62 bits per heavy atom. The molecule has 0 spiro atoms. The SMILES string of the molecule is O=C1NCc2cccc(c2)Nc2cc(ncn2)Nc2ccc(cc2)OCC(=O)N2CCC1CC2. The van der Waals surface area contributed by atoms with Gasteiger partial charge in [-0.2, -0.15) is 0 Å². The molecule has 4 aliphatic heterocycles. The number of ether oxygens (including phenoxy) is 1. The summed E-state index contributed by atoms with van der Waals surface area (Å²) in [6.45, 7) is 1.52. The summed E-state index contributed by atoms with van der Waals surface area (Å²) >= 11 is 0. The Hall–Kier alpha value is -4.14. The lowest BCUT2D eigenvalue weighted by Gasteiger charge is -2.31. The van der Waals surface area contributed by atoms with Crippen LogP contribution in [0.15, 0.2) is 60.9 Å². The van der Waals surface area contributed by atoms with Crippen LogP contribution in [0.3, 0.4) is 0 Å². The summed E-state index contributed by atoms with van der Waals surface area (Å²) in [5, 5.41) is 9.58. The van der Waals surface area contributed by atoms with E-state index in [0.717, 1.165) is 16.9 Å². The zero-order valence-electron chi connectivity index (χ0n) is 18.7. The summed E-state index contributed by atoms with van der Waals surface area (Å²) in [5.41, 5.74) is 2.69. The minimum absolute atomic E-state index is 0.0236. The molecule has 4 aliphatic rings. The molecule has 0 unspecified atom stereocenters. The van der Waals surface area contributed by atoms with E-state index in [1.165, 1.54) is 6.33 Å². The fraction of sp³-hybridized carbons (Fsp3) is 0.280. The molecule has 0 atom stereocenters. The van der Waals surface area contributed by atoms with Gasteiger partial charge in [0.05, 0.1) is 0 Å². The molecule has 5 heterocycles. The molecule has 2 aromatic carbocycles. The normalized spacial score (nSPS) is 17.0. The molecule has 1 saturated heterocycles. The molecule has 34 heavy (non-hydrogen) atoms. The first-order chi connectivity index (χ1) is 16.6. The van der Waals surface area contributed by atoms with Crippen LogP contribution in [0, 0.1) is 5.92 Å². The second-order valence-corrected chi connectivity index (χ2v) is 8.42. The third kappa shape index (κ3) is 5.25. The molecule has 7 rings (SSSR count). The third-order valence-electron chi connectivity index (χ3n) is 6.04. The molecule has 9 heteroatoms. The van der Waals surface area contributed by atoms with Gasteiger partial charge in [-0.15, -0.1) is 0 Å². The summed E-state index contributed by atoms with van der Waals surface area (Å²) in [7, 11) is 0. The number of nitrogens with zero attached hydrogens (tertiary/aromatic N) is 3. The predicted molar refractivity (Wildman–Crippen MR) is 128 cm³/mol. The van der Waals surface area contributed by atoms with Crippen LogP contribution in [0.4, 0.5) is 23.0 Å². The first-order valence-corrected chi connectivity index (χ1v) is 11.4. The molecule has 3 N–H and O–H groups in total. The highest BCUT2D eigenvalue weighted by molar-refractivity contribution is 5.80. The largest absolute Gasteiger partial charge is 0.484 e. The summed E-state index contributed by atoms with van der Waals surface area (Å²) in [5.74, 6) is 1.75. The quantitative estimate of drug-likeness (QED) is 0.475. The number of anilines is 4. The van der Waals surface area contributed by atoms with E-state index in [2.05, 4.69) is 25.9 Å². The van der Waals surface area contributed by atoms with Gasteiger partial charge in [-0.3, -0.25) is 9.59 Å². The van der Waals surface area contributed by atoms with Crippen molar-refractivity contribution >= 4 is 34.8 Å². The van der Waals surface area contributed by atoms with E-state index in [-0.39, 0.29) is 24.3 Å². The Balaban J connectivity index is 1.38. The number of nitrogens with one attached hydrogen (secondary N) is 3. The molecule has 0 aliphatic carbocycles. The summed E-state index contributed by atoms with van der Waals surface area (Å²) in [6, 6.07) is 17.0. The number of aromatic nitrogens is 2. The van der Waals surface area contributed by atoms with Crippen LogP contribution in [0.2, 0.25) is 0 Å². The molecular weight excluding hydrogens is 432 g/mol. The first-order valence-electron chi connectivity index (χ1n) is 11.4. The number of carbonyl (C=O) groups is 2. The highest BCUT2D eigenvalue weighted by Crippen LogP contribution is 2.23. The number of fused-ring (bicyclic) bond motifs is 2.